The van der Waals surface area contributed by atoms with Crippen LogP contribution >= 0.6 is 23.4 Å². The summed E-state index contributed by atoms with van der Waals surface area (Å²) in [4.78, 5) is 18.9. The molecule has 0 radical (unpaired) electrons. The first-order valence-corrected chi connectivity index (χ1v) is 14.5. The SMILES string of the molecule is COc1ccc2c(/C=C/C(=O)O)ccc(C(O)CN3CCC(NCC4=C(Cl)c5cc(F)ccc5SC4)CC3)c2n1. The second kappa shape index (κ2) is 12.7. The number of aliphatic hydroxyl groups is 1. The lowest BCUT2D eigenvalue weighted by Gasteiger charge is -2.34. The number of piperidine rings is 1. The van der Waals surface area contributed by atoms with Gasteiger partial charge >= 0.3 is 5.97 Å². The molecule has 0 spiro atoms. The summed E-state index contributed by atoms with van der Waals surface area (Å²) in [5.41, 5.74) is 3.82. The third kappa shape index (κ3) is 6.50. The summed E-state index contributed by atoms with van der Waals surface area (Å²) in [6.07, 6.45) is 3.71. The van der Waals surface area contributed by atoms with Crippen LogP contribution in [0.3, 0.4) is 0 Å². The van der Waals surface area contributed by atoms with Gasteiger partial charge in [0.05, 0.1) is 23.8 Å². The summed E-state index contributed by atoms with van der Waals surface area (Å²) in [5, 5.41) is 25.3. The predicted molar refractivity (Wildman–Crippen MR) is 157 cm³/mol. The highest BCUT2D eigenvalue weighted by atomic mass is 35.5. The Labute approximate surface area is 241 Å². The topological polar surface area (TPSA) is 94.9 Å². The van der Waals surface area contributed by atoms with Crippen molar-refractivity contribution < 1.29 is 24.1 Å². The van der Waals surface area contributed by atoms with Crippen LogP contribution in [0.15, 0.2) is 59.0 Å². The maximum absolute atomic E-state index is 13.7. The molecule has 3 aromatic rings. The molecule has 1 fully saturated rings. The summed E-state index contributed by atoms with van der Waals surface area (Å²) in [5.74, 6) is -0.106. The smallest absolute Gasteiger partial charge is 0.328 e. The molecule has 5 rings (SSSR count). The molecule has 2 aliphatic heterocycles. The van der Waals surface area contributed by atoms with Crippen molar-refractivity contribution in [1.82, 2.24) is 15.2 Å². The Kier molecular flexibility index (Phi) is 9.07. The zero-order valence-electron chi connectivity index (χ0n) is 22.1. The molecule has 1 aromatic heterocycles. The second-order valence-corrected chi connectivity index (χ2v) is 11.4. The summed E-state index contributed by atoms with van der Waals surface area (Å²) >= 11 is 8.30. The van der Waals surface area contributed by atoms with E-state index in [2.05, 4.69) is 15.2 Å². The van der Waals surface area contributed by atoms with Crippen molar-refractivity contribution in [2.24, 2.45) is 0 Å². The minimum atomic E-state index is -1.03. The number of halogens is 2. The Balaban J connectivity index is 1.20. The van der Waals surface area contributed by atoms with Crippen LogP contribution in [0.4, 0.5) is 4.39 Å². The van der Waals surface area contributed by atoms with Crippen LogP contribution in [0.2, 0.25) is 0 Å². The number of benzene rings is 2. The fourth-order valence-electron chi connectivity index (χ4n) is 5.21. The number of hydrogen-bond donors (Lipinski definition) is 3. The van der Waals surface area contributed by atoms with Gasteiger partial charge in [0.15, 0.2) is 0 Å². The fraction of sp³-hybridized carbons (Fsp3) is 0.333. The number of ether oxygens (including phenoxy) is 1. The maximum atomic E-state index is 13.7. The summed E-state index contributed by atoms with van der Waals surface area (Å²) < 4.78 is 19.0. The summed E-state index contributed by atoms with van der Waals surface area (Å²) in [6.45, 7) is 2.79. The molecule has 0 bridgehead atoms. The molecule has 0 aliphatic carbocycles. The van der Waals surface area contributed by atoms with Gasteiger partial charge in [0, 0.05) is 58.4 Å². The molecule has 1 atom stereocenters. The largest absolute Gasteiger partial charge is 0.481 e. The average Bonchev–Trinajstić information content (AvgIpc) is 2.96. The number of pyridine rings is 1. The average molecular weight is 584 g/mol. The number of thioether (sulfide) groups is 1. The van der Waals surface area contributed by atoms with Crippen molar-refractivity contribution in [3.05, 3.63) is 76.6 Å². The monoisotopic (exact) mass is 583 g/mol. The minimum Gasteiger partial charge on any atom is -0.481 e. The van der Waals surface area contributed by atoms with Gasteiger partial charge in [-0.3, -0.25) is 0 Å². The lowest BCUT2D eigenvalue weighted by molar-refractivity contribution is -0.131. The number of aliphatic hydroxyl groups excluding tert-OH is 1. The number of β-amino-alcohol motifs (C(OH)–C–C–N with tert-alkyl or cyclic N) is 1. The number of carboxylic acids is 1. The van der Waals surface area contributed by atoms with E-state index in [1.165, 1.54) is 25.3 Å². The molecule has 210 valence electrons. The Morgan fingerprint density at radius 2 is 2.08 bits per heavy atom. The molecule has 0 amide bonds. The molecule has 10 heteroatoms. The molecular formula is C30H31ClFN3O4S. The standard InChI is InChI=1S/C30H31ClFN3O4S/c1-39-27-8-6-22-18(3-9-28(37)38)2-5-23(30(22)34-27)25(36)16-35-12-10-21(11-13-35)33-15-19-17-40-26-7-4-20(32)14-24(26)29(19)31/h2-9,14,21,25,33,36H,10-13,15-17H2,1H3,(H,37,38)/b9-3+. The molecule has 2 aromatic carbocycles. The molecule has 3 heterocycles. The van der Waals surface area contributed by atoms with E-state index in [4.69, 9.17) is 21.4 Å². The number of rotatable bonds is 9. The van der Waals surface area contributed by atoms with E-state index >= 15 is 0 Å². The number of nitrogens with zero attached hydrogens (tertiary/aromatic N) is 2. The van der Waals surface area contributed by atoms with E-state index in [1.807, 2.05) is 6.07 Å². The Morgan fingerprint density at radius 3 is 2.83 bits per heavy atom. The first kappa shape index (κ1) is 28.6. The normalized spacial score (nSPS) is 17.4. The van der Waals surface area contributed by atoms with E-state index in [1.54, 1.807) is 36.0 Å². The molecule has 3 N–H and O–H groups in total. The van der Waals surface area contributed by atoms with Gasteiger partial charge in [-0.05, 0) is 67.4 Å². The number of hydrogen-bond acceptors (Lipinski definition) is 7. The van der Waals surface area contributed by atoms with Gasteiger partial charge < -0.3 is 25.2 Å². The van der Waals surface area contributed by atoms with E-state index in [0.717, 1.165) is 59.2 Å². The molecular weight excluding hydrogens is 553 g/mol. The Hall–Kier alpha value is -2.95. The highest BCUT2D eigenvalue weighted by molar-refractivity contribution is 7.99. The molecule has 40 heavy (non-hydrogen) atoms. The number of aromatic nitrogens is 1. The second-order valence-electron chi connectivity index (χ2n) is 9.98. The predicted octanol–water partition coefficient (Wildman–Crippen LogP) is 5.32. The van der Waals surface area contributed by atoms with Crippen molar-refractivity contribution >= 4 is 51.3 Å². The molecule has 7 nitrogen and oxygen atoms in total. The van der Waals surface area contributed by atoms with Gasteiger partial charge in [-0.1, -0.05) is 23.7 Å². The van der Waals surface area contributed by atoms with E-state index in [0.29, 0.717) is 46.7 Å². The number of aliphatic carboxylic acids is 1. The van der Waals surface area contributed by atoms with E-state index in [9.17, 15) is 14.3 Å². The van der Waals surface area contributed by atoms with Crippen LogP contribution < -0.4 is 10.1 Å². The van der Waals surface area contributed by atoms with Crippen LogP contribution in [-0.2, 0) is 4.79 Å². The number of carbonyl (C=O) groups is 1. The maximum Gasteiger partial charge on any atom is 0.328 e. The number of methoxy groups -OCH3 is 1. The number of carboxylic acid groups (broad SMARTS) is 1. The Bertz CT molecular complexity index is 1470. The van der Waals surface area contributed by atoms with Gasteiger partial charge in [-0.15, -0.1) is 11.8 Å². The first-order valence-electron chi connectivity index (χ1n) is 13.1. The highest BCUT2D eigenvalue weighted by Gasteiger charge is 2.24. The Morgan fingerprint density at radius 1 is 1.27 bits per heavy atom. The molecule has 2 aliphatic rings. The summed E-state index contributed by atoms with van der Waals surface area (Å²) in [7, 11) is 1.53. The van der Waals surface area contributed by atoms with Crippen LogP contribution in [-0.4, -0.2) is 71.1 Å². The first-order chi connectivity index (χ1) is 19.3. The molecule has 1 unspecified atom stereocenters. The summed E-state index contributed by atoms with van der Waals surface area (Å²) in [6, 6.07) is 12.2. The number of likely N-dealkylation sites (tertiary alicyclic amines) is 1. The van der Waals surface area contributed by atoms with Crippen molar-refractivity contribution in [3.8, 4) is 5.88 Å². The van der Waals surface area contributed by atoms with Gasteiger partial charge in [0.1, 0.15) is 5.82 Å². The van der Waals surface area contributed by atoms with Gasteiger partial charge in [0.25, 0.3) is 0 Å². The van der Waals surface area contributed by atoms with E-state index < -0.39 is 12.1 Å². The van der Waals surface area contributed by atoms with Crippen molar-refractivity contribution in [2.75, 3.05) is 39.0 Å². The van der Waals surface area contributed by atoms with Crippen molar-refractivity contribution in [1.29, 1.82) is 0 Å². The zero-order valence-corrected chi connectivity index (χ0v) is 23.6. The molecule has 0 saturated carbocycles. The van der Waals surface area contributed by atoms with Gasteiger partial charge in [-0.25, -0.2) is 14.2 Å². The lowest BCUT2D eigenvalue weighted by atomic mass is 9.98. The molecule has 1 saturated heterocycles. The highest BCUT2D eigenvalue weighted by Crippen LogP contribution is 2.39. The number of nitrogens with one attached hydrogen (secondary N) is 1. The van der Waals surface area contributed by atoms with Gasteiger partial charge in [0.2, 0.25) is 5.88 Å². The third-order valence-electron chi connectivity index (χ3n) is 7.38. The minimum absolute atomic E-state index is 0.282. The quantitative estimate of drug-likeness (QED) is 0.291. The van der Waals surface area contributed by atoms with Crippen molar-refractivity contribution in [3.63, 3.8) is 0 Å². The van der Waals surface area contributed by atoms with Gasteiger partial charge in [-0.2, -0.15) is 0 Å². The van der Waals surface area contributed by atoms with Crippen LogP contribution in [0.5, 0.6) is 5.88 Å². The van der Waals surface area contributed by atoms with Crippen LogP contribution in [0.1, 0.15) is 35.6 Å². The third-order valence-corrected chi connectivity index (χ3v) is 9.01. The zero-order chi connectivity index (χ0) is 28.2. The van der Waals surface area contributed by atoms with E-state index in [-0.39, 0.29) is 5.82 Å². The van der Waals surface area contributed by atoms with Crippen LogP contribution in [0.25, 0.3) is 22.0 Å². The lowest BCUT2D eigenvalue weighted by Crippen LogP contribution is -2.44. The fourth-order valence-corrected chi connectivity index (χ4v) is 6.69. The van der Waals surface area contributed by atoms with Crippen LogP contribution in [0, 0.1) is 5.82 Å². The number of fused-ring (bicyclic) bond motifs is 2. The van der Waals surface area contributed by atoms with Crippen molar-refractivity contribution in [2.45, 2.75) is 29.9 Å².